The summed E-state index contributed by atoms with van der Waals surface area (Å²) in [5, 5.41) is 6.23. The number of rotatable bonds is 4. The van der Waals surface area contributed by atoms with Gasteiger partial charge in [-0.3, -0.25) is 9.59 Å². The maximum absolute atomic E-state index is 12.1. The van der Waals surface area contributed by atoms with Crippen LogP contribution in [0.5, 0.6) is 0 Å². The fourth-order valence-electron chi connectivity index (χ4n) is 2.47. The van der Waals surface area contributed by atoms with Crippen LogP contribution >= 0.6 is 11.6 Å². The third kappa shape index (κ3) is 4.23. The van der Waals surface area contributed by atoms with Crippen LogP contribution < -0.4 is 15.5 Å². The highest BCUT2D eigenvalue weighted by Gasteiger charge is 2.17. The highest BCUT2D eigenvalue weighted by molar-refractivity contribution is 6.30. The smallest absolute Gasteiger partial charge is 0.239 e. The molecule has 3 rings (SSSR count). The molecule has 2 N–H and O–H groups in total. The van der Waals surface area contributed by atoms with Gasteiger partial charge < -0.3 is 15.5 Å². The molecule has 1 aliphatic heterocycles. The predicted molar refractivity (Wildman–Crippen MR) is 93.2 cm³/mol. The topological polar surface area (TPSA) is 74.3 Å². The molecule has 6 nitrogen and oxygen atoms in total. The van der Waals surface area contributed by atoms with Crippen LogP contribution in [0.1, 0.15) is 5.56 Å². The molecule has 2 amide bonds. The molecule has 24 heavy (non-hydrogen) atoms. The van der Waals surface area contributed by atoms with Crippen LogP contribution in [0.3, 0.4) is 0 Å². The Kier molecular flexibility index (Phi) is 4.96. The number of anilines is 2. The Morgan fingerprint density at radius 3 is 2.71 bits per heavy atom. The summed E-state index contributed by atoms with van der Waals surface area (Å²) in [6.07, 6.45) is 1.87. The quantitative estimate of drug-likeness (QED) is 0.887. The molecule has 1 aliphatic rings. The second kappa shape index (κ2) is 7.31. The van der Waals surface area contributed by atoms with Crippen molar-refractivity contribution in [3.05, 3.63) is 53.2 Å². The van der Waals surface area contributed by atoms with E-state index in [9.17, 15) is 9.59 Å². The number of carbonyl (C=O) groups is 2. The van der Waals surface area contributed by atoms with Crippen LogP contribution in [0, 0.1) is 0 Å². The second-order valence-electron chi connectivity index (χ2n) is 5.53. The maximum Gasteiger partial charge on any atom is 0.239 e. The molecule has 1 saturated heterocycles. The molecule has 2 aromatic rings. The van der Waals surface area contributed by atoms with E-state index in [1.165, 1.54) is 0 Å². The van der Waals surface area contributed by atoms with E-state index < -0.39 is 0 Å². The van der Waals surface area contributed by atoms with Crippen LogP contribution in [0.4, 0.5) is 11.5 Å². The molecule has 0 radical (unpaired) electrons. The lowest BCUT2D eigenvalue weighted by Gasteiger charge is -2.27. The molecule has 0 atom stereocenters. The van der Waals surface area contributed by atoms with Gasteiger partial charge in [0.2, 0.25) is 11.8 Å². The number of aromatic nitrogens is 1. The minimum atomic E-state index is -0.121. The number of amides is 2. The number of carbonyl (C=O) groups excluding carboxylic acids is 2. The first kappa shape index (κ1) is 16.3. The monoisotopic (exact) mass is 344 g/mol. The zero-order valence-electron chi connectivity index (χ0n) is 13.0. The summed E-state index contributed by atoms with van der Waals surface area (Å²) in [6.45, 7) is 1.64. The van der Waals surface area contributed by atoms with Gasteiger partial charge in [-0.05, 0) is 29.8 Å². The second-order valence-corrected chi connectivity index (χ2v) is 5.96. The lowest BCUT2D eigenvalue weighted by atomic mass is 10.1. The van der Waals surface area contributed by atoms with E-state index in [1.807, 2.05) is 17.0 Å². The van der Waals surface area contributed by atoms with Crippen LogP contribution in [-0.2, 0) is 16.0 Å². The number of nitrogens with zero attached hydrogens (tertiary/aromatic N) is 2. The van der Waals surface area contributed by atoms with E-state index >= 15 is 0 Å². The summed E-state index contributed by atoms with van der Waals surface area (Å²) >= 11 is 5.83. The standard InChI is InChI=1S/C17H17ClN4O2/c18-13-3-1-12(2-4-13)9-16(23)21-14-5-6-15(20-10-14)22-8-7-19-17(24)11-22/h1-6,10H,7-9,11H2,(H,19,24)(H,21,23). The lowest BCUT2D eigenvalue weighted by molar-refractivity contribution is -0.120. The van der Waals surface area contributed by atoms with Gasteiger partial charge in [-0.25, -0.2) is 4.98 Å². The van der Waals surface area contributed by atoms with Crippen molar-refractivity contribution in [3.8, 4) is 0 Å². The Morgan fingerprint density at radius 1 is 1.25 bits per heavy atom. The number of hydrogen-bond acceptors (Lipinski definition) is 4. The normalized spacial score (nSPS) is 14.2. The molecule has 7 heteroatoms. The zero-order valence-corrected chi connectivity index (χ0v) is 13.7. The van der Waals surface area contributed by atoms with Crippen molar-refractivity contribution in [1.82, 2.24) is 10.3 Å². The van der Waals surface area contributed by atoms with Gasteiger partial charge in [0.1, 0.15) is 5.82 Å². The van der Waals surface area contributed by atoms with E-state index in [1.54, 1.807) is 30.5 Å². The van der Waals surface area contributed by atoms with Crippen molar-refractivity contribution in [1.29, 1.82) is 0 Å². The first-order valence-electron chi connectivity index (χ1n) is 7.62. The first-order chi connectivity index (χ1) is 11.6. The summed E-state index contributed by atoms with van der Waals surface area (Å²) in [7, 11) is 0. The van der Waals surface area contributed by atoms with E-state index in [4.69, 9.17) is 11.6 Å². The van der Waals surface area contributed by atoms with E-state index in [0.717, 1.165) is 17.9 Å². The molecule has 0 saturated carbocycles. The van der Waals surface area contributed by atoms with Crippen molar-refractivity contribution in [2.45, 2.75) is 6.42 Å². The SMILES string of the molecule is O=C1CN(c2ccc(NC(=O)Cc3ccc(Cl)cc3)cn2)CCN1. The molecular weight excluding hydrogens is 328 g/mol. The summed E-state index contributed by atoms with van der Waals surface area (Å²) in [4.78, 5) is 29.7. The van der Waals surface area contributed by atoms with Gasteiger partial charge in [0.15, 0.2) is 0 Å². The van der Waals surface area contributed by atoms with E-state index in [-0.39, 0.29) is 18.2 Å². The molecular formula is C17H17ClN4O2. The largest absolute Gasteiger partial charge is 0.353 e. The van der Waals surface area contributed by atoms with Crippen LogP contribution in [0.15, 0.2) is 42.6 Å². The van der Waals surface area contributed by atoms with Gasteiger partial charge in [-0.2, -0.15) is 0 Å². The number of nitrogens with one attached hydrogen (secondary N) is 2. The molecule has 2 heterocycles. The molecule has 0 unspecified atom stereocenters. The van der Waals surface area contributed by atoms with Crippen molar-refractivity contribution in [2.75, 3.05) is 29.9 Å². The Balaban J connectivity index is 1.58. The van der Waals surface area contributed by atoms with Crippen LogP contribution in [0.25, 0.3) is 0 Å². The van der Waals surface area contributed by atoms with Gasteiger partial charge in [0, 0.05) is 18.1 Å². The van der Waals surface area contributed by atoms with Gasteiger partial charge in [-0.1, -0.05) is 23.7 Å². The lowest BCUT2D eigenvalue weighted by Crippen LogP contribution is -2.48. The Morgan fingerprint density at radius 2 is 2.04 bits per heavy atom. The minimum Gasteiger partial charge on any atom is -0.353 e. The fourth-order valence-corrected chi connectivity index (χ4v) is 2.60. The van der Waals surface area contributed by atoms with Crippen molar-refractivity contribution in [2.24, 2.45) is 0 Å². The first-order valence-corrected chi connectivity index (χ1v) is 8.00. The molecule has 1 fully saturated rings. The van der Waals surface area contributed by atoms with Gasteiger partial charge in [0.05, 0.1) is 24.8 Å². The van der Waals surface area contributed by atoms with E-state index in [2.05, 4.69) is 15.6 Å². The zero-order chi connectivity index (χ0) is 16.9. The van der Waals surface area contributed by atoms with Crippen molar-refractivity contribution >= 4 is 34.9 Å². The van der Waals surface area contributed by atoms with Gasteiger partial charge >= 0.3 is 0 Å². The summed E-state index contributed by atoms with van der Waals surface area (Å²) in [5.74, 6) is 0.591. The maximum atomic E-state index is 12.1. The Hall–Kier alpha value is -2.60. The number of hydrogen-bond donors (Lipinski definition) is 2. The molecule has 1 aromatic carbocycles. The Bertz CT molecular complexity index is 731. The average Bonchev–Trinajstić information content (AvgIpc) is 2.58. The Labute approximate surface area is 144 Å². The van der Waals surface area contributed by atoms with Gasteiger partial charge in [-0.15, -0.1) is 0 Å². The highest BCUT2D eigenvalue weighted by atomic mass is 35.5. The fraction of sp³-hybridized carbons (Fsp3) is 0.235. The third-order valence-electron chi connectivity index (χ3n) is 3.67. The summed E-state index contributed by atoms with van der Waals surface area (Å²) in [5.41, 5.74) is 1.51. The van der Waals surface area contributed by atoms with Crippen molar-refractivity contribution < 1.29 is 9.59 Å². The van der Waals surface area contributed by atoms with Gasteiger partial charge in [0.25, 0.3) is 0 Å². The number of piperazine rings is 1. The molecule has 1 aromatic heterocycles. The summed E-state index contributed by atoms with van der Waals surface area (Å²) in [6, 6.07) is 10.8. The minimum absolute atomic E-state index is 0.0107. The van der Waals surface area contributed by atoms with Crippen LogP contribution in [-0.4, -0.2) is 36.4 Å². The molecule has 0 spiro atoms. The predicted octanol–water partition coefficient (Wildman–Crippen LogP) is 1.85. The van der Waals surface area contributed by atoms with Crippen molar-refractivity contribution in [3.63, 3.8) is 0 Å². The number of halogens is 1. The van der Waals surface area contributed by atoms with E-state index in [0.29, 0.717) is 23.8 Å². The number of pyridine rings is 1. The molecule has 0 aliphatic carbocycles. The highest BCUT2D eigenvalue weighted by Crippen LogP contribution is 2.15. The molecule has 0 bridgehead atoms. The average molecular weight is 345 g/mol. The third-order valence-corrected chi connectivity index (χ3v) is 3.92. The van der Waals surface area contributed by atoms with Crippen LogP contribution in [0.2, 0.25) is 5.02 Å². The summed E-state index contributed by atoms with van der Waals surface area (Å²) < 4.78 is 0. The molecule has 124 valence electrons. The number of benzene rings is 1.